The summed E-state index contributed by atoms with van der Waals surface area (Å²) in [7, 11) is 0. The van der Waals surface area contributed by atoms with Crippen molar-refractivity contribution in [2.45, 2.75) is 46.6 Å². The van der Waals surface area contributed by atoms with Crippen molar-refractivity contribution in [1.29, 1.82) is 0 Å². The van der Waals surface area contributed by atoms with Crippen LogP contribution in [-0.2, 0) is 0 Å². The summed E-state index contributed by atoms with van der Waals surface area (Å²) < 4.78 is 0. The Bertz CT molecular complexity index is 1040. The normalized spacial score (nSPS) is 15.8. The van der Waals surface area contributed by atoms with E-state index >= 15 is 0 Å². The molecule has 4 rings (SSSR count). The Kier molecular flexibility index (Phi) is 4.91. The van der Waals surface area contributed by atoms with E-state index in [1.54, 1.807) is 6.07 Å². The molecule has 1 aliphatic rings. The number of carbonyl (C=O) groups is 1. The van der Waals surface area contributed by atoms with E-state index in [2.05, 4.69) is 48.3 Å². The number of carbonyl (C=O) groups excluding carboxylic acids is 1. The molecule has 150 valence electrons. The number of aryl methyl sites for hydroxylation is 3. The lowest BCUT2D eigenvalue weighted by molar-refractivity contribution is 0.0741. The molecule has 1 unspecified atom stereocenters. The molecule has 5 nitrogen and oxygen atoms in total. The van der Waals surface area contributed by atoms with Gasteiger partial charge in [-0.2, -0.15) is 5.10 Å². The molecule has 2 N–H and O–H groups in total. The summed E-state index contributed by atoms with van der Waals surface area (Å²) in [6.07, 6.45) is 1.96. The number of benzene rings is 2. The fraction of sp³-hybridized carbons (Fsp3) is 0.333. The molecule has 1 amide bonds. The molecule has 0 fully saturated rings. The predicted octanol–water partition coefficient (Wildman–Crippen LogP) is 5.05. The number of aromatic hydroxyl groups is 1. The van der Waals surface area contributed by atoms with E-state index in [0.29, 0.717) is 23.5 Å². The van der Waals surface area contributed by atoms with Gasteiger partial charge in [-0.05, 0) is 49.9 Å². The molecular weight excluding hydrogens is 362 g/mol. The Labute approximate surface area is 171 Å². The summed E-state index contributed by atoms with van der Waals surface area (Å²) in [6.45, 7) is 8.79. The van der Waals surface area contributed by atoms with Crippen LogP contribution in [0.5, 0.6) is 5.75 Å². The maximum absolute atomic E-state index is 13.2. The molecule has 0 aliphatic carbocycles. The smallest absolute Gasteiger partial charge is 0.273 e. The highest BCUT2D eigenvalue weighted by atomic mass is 16.3. The van der Waals surface area contributed by atoms with Gasteiger partial charge in [0.2, 0.25) is 0 Å². The number of hydrogen-bond acceptors (Lipinski definition) is 3. The highest BCUT2D eigenvalue weighted by Gasteiger charge is 2.42. The number of amides is 1. The second kappa shape index (κ2) is 7.39. The molecule has 0 radical (unpaired) electrons. The second-order valence-electron chi connectivity index (χ2n) is 8.00. The molecule has 29 heavy (non-hydrogen) atoms. The van der Waals surface area contributed by atoms with E-state index in [1.165, 1.54) is 5.56 Å². The minimum absolute atomic E-state index is 0.0259. The van der Waals surface area contributed by atoms with Gasteiger partial charge in [-0.15, -0.1) is 0 Å². The summed E-state index contributed by atoms with van der Waals surface area (Å²) in [6, 6.07) is 11.9. The molecule has 0 spiro atoms. The zero-order chi connectivity index (χ0) is 20.7. The molecule has 2 aromatic carbocycles. The Hall–Kier alpha value is -3.08. The van der Waals surface area contributed by atoms with Crippen LogP contribution in [0.3, 0.4) is 0 Å². The van der Waals surface area contributed by atoms with Crippen LogP contribution in [-0.4, -0.2) is 32.7 Å². The van der Waals surface area contributed by atoms with Crippen LogP contribution < -0.4 is 0 Å². The molecular formula is C24H27N3O2. The minimum Gasteiger partial charge on any atom is -0.507 e. The van der Waals surface area contributed by atoms with E-state index in [4.69, 9.17) is 0 Å². The molecule has 0 saturated heterocycles. The highest BCUT2D eigenvalue weighted by molar-refractivity contribution is 6.00. The first-order chi connectivity index (χ1) is 13.9. The van der Waals surface area contributed by atoms with Gasteiger partial charge in [0, 0.05) is 17.7 Å². The van der Waals surface area contributed by atoms with Gasteiger partial charge < -0.3 is 10.0 Å². The average molecular weight is 389 g/mol. The first-order valence-electron chi connectivity index (χ1n) is 10.2. The number of phenolic OH excluding ortho intramolecular Hbond substituents is 1. The van der Waals surface area contributed by atoms with E-state index in [9.17, 15) is 9.90 Å². The first kappa shape index (κ1) is 19.2. The lowest BCUT2D eigenvalue weighted by Crippen LogP contribution is -2.30. The van der Waals surface area contributed by atoms with Gasteiger partial charge in [0.05, 0.1) is 6.04 Å². The predicted molar refractivity (Wildman–Crippen MR) is 114 cm³/mol. The summed E-state index contributed by atoms with van der Waals surface area (Å²) in [5.41, 5.74) is 6.91. The molecule has 0 saturated carbocycles. The van der Waals surface area contributed by atoms with Gasteiger partial charge in [-0.3, -0.25) is 9.89 Å². The highest BCUT2D eigenvalue weighted by Crippen LogP contribution is 2.45. The van der Waals surface area contributed by atoms with Crippen molar-refractivity contribution in [2.24, 2.45) is 0 Å². The number of phenols is 1. The molecule has 5 heteroatoms. The van der Waals surface area contributed by atoms with Crippen molar-refractivity contribution in [3.8, 4) is 17.0 Å². The Morgan fingerprint density at radius 2 is 1.83 bits per heavy atom. The van der Waals surface area contributed by atoms with Crippen LogP contribution in [0.1, 0.15) is 64.1 Å². The van der Waals surface area contributed by atoms with E-state index < -0.39 is 0 Å². The molecule has 1 aliphatic heterocycles. The van der Waals surface area contributed by atoms with Gasteiger partial charge in [0.1, 0.15) is 17.1 Å². The van der Waals surface area contributed by atoms with Crippen LogP contribution in [0.25, 0.3) is 11.3 Å². The van der Waals surface area contributed by atoms with Gasteiger partial charge in [-0.1, -0.05) is 49.2 Å². The van der Waals surface area contributed by atoms with Gasteiger partial charge in [0.15, 0.2) is 0 Å². The lowest BCUT2D eigenvalue weighted by atomic mass is 9.93. The number of nitrogens with zero attached hydrogens (tertiary/aromatic N) is 2. The van der Waals surface area contributed by atoms with Crippen molar-refractivity contribution in [3.05, 3.63) is 69.9 Å². The summed E-state index contributed by atoms with van der Waals surface area (Å²) in [5.74, 6) is 0.168. The topological polar surface area (TPSA) is 69.2 Å². The summed E-state index contributed by atoms with van der Waals surface area (Å²) in [5, 5.41) is 18.1. The minimum atomic E-state index is -0.210. The Balaban J connectivity index is 1.91. The largest absolute Gasteiger partial charge is 0.507 e. The lowest BCUT2D eigenvalue weighted by Gasteiger charge is -2.26. The van der Waals surface area contributed by atoms with Gasteiger partial charge >= 0.3 is 0 Å². The molecule has 1 aromatic heterocycles. The third-order valence-corrected chi connectivity index (χ3v) is 5.71. The van der Waals surface area contributed by atoms with Crippen molar-refractivity contribution in [1.82, 2.24) is 15.1 Å². The molecule has 0 bridgehead atoms. The second-order valence-corrected chi connectivity index (χ2v) is 8.00. The van der Waals surface area contributed by atoms with E-state index in [0.717, 1.165) is 35.1 Å². The number of aromatic amines is 1. The number of rotatable bonds is 5. The maximum Gasteiger partial charge on any atom is 0.273 e. The number of aromatic nitrogens is 2. The van der Waals surface area contributed by atoms with E-state index in [1.807, 2.05) is 24.8 Å². The molecule has 1 atom stereocenters. The summed E-state index contributed by atoms with van der Waals surface area (Å²) in [4.78, 5) is 15.1. The van der Waals surface area contributed by atoms with Crippen molar-refractivity contribution >= 4 is 5.91 Å². The zero-order valence-corrected chi connectivity index (χ0v) is 17.4. The number of fused-ring (bicyclic) bond motifs is 1. The quantitative estimate of drug-likeness (QED) is 0.641. The summed E-state index contributed by atoms with van der Waals surface area (Å²) >= 11 is 0. The number of nitrogens with one attached hydrogen (secondary N) is 1. The molecule has 3 aromatic rings. The molecule has 2 heterocycles. The monoisotopic (exact) mass is 389 g/mol. The van der Waals surface area contributed by atoms with Crippen LogP contribution in [0.4, 0.5) is 0 Å². The number of hydrogen-bond donors (Lipinski definition) is 2. The first-order valence-corrected chi connectivity index (χ1v) is 10.2. The number of unbranched alkanes of at least 4 members (excludes halogenated alkanes) is 1. The van der Waals surface area contributed by atoms with Crippen LogP contribution >= 0.6 is 0 Å². The fourth-order valence-electron chi connectivity index (χ4n) is 4.29. The van der Waals surface area contributed by atoms with Crippen LogP contribution in [0, 0.1) is 20.8 Å². The van der Waals surface area contributed by atoms with E-state index in [-0.39, 0.29) is 17.7 Å². The maximum atomic E-state index is 13.2. The number of H-pyrrole nitrogens is 1. The van der Waals surface area contributed by atoms with Crippen molar-refractivity contribution in [3.63, 3.8) is 0 Å². The van der Waals surface area contributed by atoms with Gasteiger partial charge in [0.25, 0.3) is 5.91 Å². The SMILES string of the molecule is CCCCN1C(=O)c2[nH]nc(-c3c(C)cc(C)cc3O)c2C1c1ccc(C)cc1. The third kappa shape index (κ3) is 3.20. The zero-order valence-electron chi connectivity index (χ0n) is 17.4. The average Bonchev–Trinajstić information content (AvgIpc) is 3.20. The van der Waals surface area contributed by atoms with Crippen LogP contribution in [0.15, 0.2) is 36.4 Å². The fourth-order valence-corrected chi connectivity index (χ4v) is 4.29. The van der Waals surface area contributed by atoms with Crippen molar-refractivity contribution < 1.29 is 9.90 Å². The Morgan fingerprint density at radius 1 is 1.10 bits per heavy atom. The standard InChI is InChI=1S/C24H27N3O2/c1-5-6-11-27-23(17-9-7-14(2)8-10-17)20-21(25-26-22(20)24(27)29)19-16(4)12-15(3)13-18(19)28/h7-10,12-13,23,28H,5-6,11H2,1-4H3,(H,25,26). The third-order valence-electron chi connectivity index (χ3n) is 5.71. The van der Waals surface area contributed by atoms with Crippen molar-refractivity contribution in [2.75, 3.05) is 6.54 Å². The van der Waals surface area contributed by atoms with Crippen LogP contribution in [0.2, 0.25) is 0 Å². The Morgan fingerprint density at radius 3 is 2.48 bits per heavy atom. The van der Waals surface area contributed by atoms with Gasteiger partial charge in [-0.25, -0.2) is 0 Å².